The van der Waals surface area contributed by atoms with Crippen molar-refractivity contribution in [3.05, 3.63) is 29.2 Å². The van der Waals surface area contributed by atoms with E-state index in [1.807, 2.05) is 0 Å². The van der Waals surface area contributed by atoms with E-state index in [1.165, 1.54) is 7.11 Å². The van der Waals surface area contributed by atoms with Crippen molar-refractivity contribution in [2.75, 3.05) is 7.11 Å². The second-order valence-corrected chi connectivity index (χ2v) is 3.20. The minimum atomic E-state index is -0.582. The van der Waals surface area contributed by atoms with Crippen LogP contribution in [-0.4, -0.2) is 33.2 Å². The van der Waals surface area contributed by atoms with E-state index in [0.29, 0.717) is 5.82 Å². The van der Waals surface area contributed by atoms with Gasteiger partial charge in [0.25, 0.3) is 0 Å². The van der Waals surface area contributed by atoms with Gasteiger partial charge in [0, 0.05) is 12.4 Å². The lowest BCUT2D eigenvalue weighted by molar-refractivity contribution is 0.0602. The molecule has 2 aromatic heterocycles. The molecule has 0 atom stereocenters. The maximum atomic E-state index is 11.5. The molecule has 0 unspecified atom stereocenters. The molecule has 82 valence electrons. The monoisotopic (exact) mass is 238 g/mol. The van der Waals surface area contributed by atoms with Crippen molar-refractivity contribution >= 4 is 17.6 Å². The molecule has 0 saturated carbocycles. The van der Waals surface area contributed by atoms with Gasteiger partial charge in [-0.25, -0.2) is 14.8 Å². The van der Waals surface area contributed by atoms with Crippen LogP contribution in [0.1, 0.15) is 10.4 Å². The average Bonchev–Trinajstić information content (AvgIpc) is 2.71. The molecule has 0 aliphatic carbocycles. The topological polar surface area (TPSA) is 80.8 Å². The number of halogens is 1. The van der Waals surface area contributed by atoms with Crippen LogP contribution in [0.2, 0.25) is 5.15 Å². The maximum Gasteiger partial charge on any atom is 0.343 e. The molecule has 6 nitrogen and oxygen atoms in total. The minimum Gasteiger partial charge on any atom is -0.465 e. The van der Waals surface area contributed by atoms with Crippen LogP contribution in [-0.2, 0) is 4.74 Å². The number of carbonyl (C=O) groups excluding carboxylic acids is 1. The lowest BCUT2D eigenvalue weighted by Gasteiger charge is -1.99. The standard InChI is InChI=1S/C9H7ClN4O2/c1-16-9(15)5-6(13-14-7(5)10)8-11-3-2-4-12-8/h2-4H,1H3,(H,13,14). The first-order valence-electron chi connectivity index (χ1n) is 4.33. The summed E-state index contributed by atoms with van der Waals surface area (Å²) in [6.07, 6.45) is 3.10. The van der Waals surface area contributed by atoms with Crippen LogP contribution in [0.15, 0.2) is 18.5 Å². The van der Waals surface area contributed by atoms with E-state index in [1.54, 1.807) is 18.5 Å². The molecule has 0 radical (unpaired) electrons. The molecule has 0 saturated heterocycles. The molecular weight excluding hydrogens is 232 g/mol. The van der Waals surface area contributed by atoms with Crippen LogP contribution in [0, 0.1) is 0 Å². The van der Waals surface area contributed by atoms with Crippen molar-refractivity contribution in [2.24, 2.45) is 0 Å². The van der Waals surface area contributed by atoms with Gasteiger partial charge in [-0.2, -0.15) is 5.10 Å². The first-order chi connectivity index (χ1) is 7.74. The molecule has 7 heteroatoms. The molecule has 16 heavy (non-hydrogen) atoms. The maximum absolute atomic E-state index is 11.5. The smallest absolute Gasteiger partial charge is 0.343 e. The highest BCUT2D eigenvalue weighted by atomic mass is 35.5. The molecule has 0 aliphatic rings. The number of rotatable bonds is 2. The van der Waals surface area contributed by atoms with E-state index in [9.17, 15) is 4.79 Å². The average molecular weight is 239 g/mol. The van der Waals surface area contributed by atoms with Crippen LogP contribution in [0.25, 0.3) is 11.5 Å². The van der Waals surface area contributed by atoms with E-state index in [0.717, 1.165) is 0 Å². The van der Waals surface area contributed by atoms with E-state index < -0.39 is 5.97 Å². The fourth-order valence-electron chi connectivity index (χ4n) is 1.19. The summed E-state index contributed by atoms with van der Waals surface area (Å²) in [4.78, 5) is 19.4. The molecule has 0 aliphatic heterocycles. The summed E-state index contributed by atoms with van der Waals surface area (Å²) in [5.41, 5.74) is 0.410. The summed E-state index contributed by atoms with van der Waals surface area (Å²) < 4.78 is 4.60. The summed E-state index contributed by atoms with van der Waals surface area (Å²) >= 11 is 5.79. The molecule has 0 spiro atoms. The Hall–Kier alpha value is -1.95. The second kappa shape index (κ2) is 4.28. The highest BCUT2D eigenvalue weighted by Gasteiger charge is 2.22. The second-order valence-electron chi connectivity index (χ2n) is 2.83. The number of hydrogen-bond acceptors (Lipinski definition) is 5. The van der Waals surface area contributed by atoms with Gasteiger partial charge in [0.2, 0.25) is 0 Å². The Labute approximate surface area is 95.6 Å². The van der Waals surface area contributed by atoms with Crippen molar-refractivity contribution in [3.63, 3.8) is 0 Å². The van der Waals surface area contributed by atoms with Crippen molar-refractivity contribution in [2.45, 2.75) is 0 Å². The number of nitrogens with one attached hydrogen (secondary N) is 1. The van der Waals surface area contributed by atoms with Crippen LogP contribution in [0.3, 0.4) is 0 Å². The lowest BCUT2D eigenvalue weighted by Crippen LogP contribution is -2.03. The van der Waals surface area contributed by atoms with Crippen molar-refractivity contribution in [1.82, 2.24) is 20.2 Å². The Morgan fingerprint density at radius 1 is 1.44 bits per heavy atom. The third-order valence-electron chi connectivity index (χ3n) is 1.89. The fraction of sp³-hybridized carbons (Fsp3) is 0.111. The number of methoxy groups -OCH3 is 1. The highest BCUT2D eigenvalue weighted by molar-refractivity contribution is 6.33. The summed E-state index contributed by atoms with van der Waals surface area (Å²) in [5.74, 6) is -0.271. The predicted molar refractivity (Wildman–Crippen MR) is 56.0 cm³/mol. The molecule has 2 heterocycles. The van der Waals surface area contributed by atoms with Gasteiger partial charge in [-0.3, -0.25) is 5.10 Å². The summed E-state index contributed by atoms with van der Waals surface area (Å²) in [5, 5.41) is 6.46. The van der Waals surface area contributed by atoms with E-state index >= 15 is 0 Å². The zero-order chi connectivity index (χ0) is 11.5. The van der Waals surface area contributed by atoms with Gasteiger partial charge >= 0.3 is 5.97 Å². The van der Waals surface area contributed by atoms with E-state index in [-0.39, 0.29) is 16.4 Å². The molecule has 1 N–H and O–H groups in total. The Morgan fingerprint density at radius 3 is 2.75 bits per heavy atom. The summed E-state index contributed by atoms with van der Waals surface area (Å²) in [6, 6.07) is 1.66. The third-order valence-corrected chi connectivity index (χ3v) is 2.16. The first kappa shape index (κ1) is 10.6. The van der Waals surface area contributed by atoms with Crippen LogP contribution in [0.5, 0.6) is 0 Å². The van der Waals surface area contributed by atoms with E-state index in [2.05, 4.69) is 24.9 Å². The Balaban J connectivity index is 2.55. The van der Waals surface area contributed by atoms with Gasteiger partial charge in [0.15, 0.2) is 5.82 Å². The molecule has 0 bridgehead atoms. The molecule has 0 aromatic carbocycles. The Morgan fingerprint density at radius 2 is 2.12 bits per heavy atom. The predicted octanol–water partition coefficient (Wildman–Crippen LogP) is 1.31. The van der Waals surface area contributed by atoms with Crippen molar-refractivity contribution in [3.8, 4) is 11.5 Å². The number of ether oxygens (including phenoxy) is 1. The number of nitrogens with zero attached hydrogens (tertiary/aromatic N) is 3. The minimum absolute atomic E-state index is 0.106. The number of hydrogen-bond donors (Lipinski definition) is 1. The largest absolute Gasteiger partial charge is 0.465 e. The molecule has 0 fully saturated rings. The van der Waals surface area contributed by atoms with Gasteiger partial charge < -0.3 is 4.74 Å². The Kier molecular flexibility index (Phi) is 2.82. The molecule has 2 rings (SSSR count). The van der Waals surface area contributed by atoms with Crippen molar-refractivity contribution in [1.29, 1.82) is 0 Å². The van der Waals surface area contributed by atoms with E-state index in [4.69, 9.17) is 11.6 Å². The number of esters is 1. The zero-order valence-electron chi connectivity index (χ0n) is 8.27. The SMILES string of the molecule is COC(=O)c1c(-c2ncccn2)n[nH]c1Cl. The molecule has 2 aromatic rings. The lowest BCUT2D eigenvalue weighted by atomic mass is 10.2. The number of H-pyrrole nitrogens is 1. The van der Waals surface area contributed by atoms with Gasteiger partial charge in [-0.15, -0.1) is 0 Å². The Bertz CT molecular complexity index is 511. The van der Waals surface area contributed by atoms with Gasteiger partial charge in [-0.05, 0) is 6.07 Å². The molecular formula is C9H7ClN4O2. The zero-order valence-corrected chi connectivity index (χ0v) is 9.02. The number of carbonyl (C=O) groups is 1. The quantitative estimate of drug-likeness (QED) is 0.798. The van der Waals surface area contributed by atoms with Gasteiger partial charge in [-0.1, -0.05) is 11.6 Å². The van der Waals surface area contributed by atoms with Crippen LogP contribution < -0.4 is 0 Å². The van der Waals surface area contributed by atoms with Gasteiger partial charge in [0.1, 0.15) is 16.4 Å². The van der Waals surface area contributed by atoms with Crippen LogP contribution in [0.4, 0.5) is 0 Å². The van der Waals surface area contributed by atoms with Crippen molar-refractivity contribution < 1.29 is 9.53 Å². The molecule has 0 amide bonds. The number of aromatic nitrogens is 4. The third kappa shape index (κ3) is 1.74. The first-order valence-corrected chi connectivity index (χ1v) is 4.71. The summed E-state index contributed by atoms with van der Waals surface area (Å²) in [7, 11) is 1.27. The highest BCUT2D eigenvalue weighted by Crippen LogP contribution is 2.24. The number of aromatic amines is 1. The van der Waals surface area contributed by atoms with Gasteiger partial charge in [0.05, 0.1) is 7.11 Å². The summed E-state index contributed by atoms with van der Waals surface area (Å²) in [6.45, 7) is 0. The fourth-order valence-corrected chi connectivity index (χ4v) is 1.40. The normalized spacial score (nSPS) is 10.1. The van der Waals surface area contributed by atoms with Crippen LogP contribution >= 0.6 is 11.6 Å².